The van der Waals surface area contributed by atoms with E-state index in [1.54, 1.807) is 11.3 Å². The van der Waals surface area contributed by atoms with Gasteiger partial charge in [-0.2, -0.15) is 0 Å². The van der Waals surface area contributed by atoms with E-state index in [9.17, 15) is 0 Å². The first-order valence-corrected chi connectivity index (χ1v) is 8.87. The standard InChI is InChI=1S/C18H24N2S/c1-13(2)15-4-3-5-17(12-15)20-16-8-6-14(7-9-16)18-19-10-11-21-18/h6-11,13,15,17,20H,3-5,12H2,1-2H3. The Balaban J connectivity index is 1.62. The van der Waals surface area contributed by atoms with Crippen LogP contribution < -0.4 is 5.32 Å². The molecule has 21 heavy (non-hydrogen) atoms. The molecular weight excluding hydrogens is 276 g/mol. The van der Waals surface area contributed by atoms with Crippen molar-refractivity contribution in [2.24, 2.45) is 11.8 Å². The van der Waals surface area contributed by atoms with Crippen LogP contribution in [0.4, 0.5) is 5.69 Å². The molecule has 1 saturated carbocycles. The van der Waals surface area contributed by atoms with Gasteiger partial charge in [0.2, 0.25) is 0 Å². The SMILES string of the molecule is CC(C)C1CCCC(Nc2ccc(-c3nccs3)cc2)C1. The van der Waals surface area contributed by atoms with Gasteiger partial charge in [0, 0.05) is 28.9 Å². The minimum absolute atomic E-state index is 0.636. The highest BCUT2D eigenvalue weighted by molar-refractivity contribution is 7.13. The van der Waals surface area contributed by atoms with Crippen molar-refractivity contribution in [3.05, 3.63) is 35.8 Å². The van der Waals surface area contributed by atoms with Gasteiger partial charge in [-0.15, -0.1) is 11.3 Å². The third-order valence-electron chi connectivity index (χ3n) is 4.59. The average Bonchev–Trinajstić information content (AvgIpc) is 3.02. The minimum atomic E-state index is 0.636. The lowest BCUT2D eigenvalue weighted by molar-refractivity contribution is 0.264. The summed E-state index contributed by atoms with van der Waals surface area (Å²) in [7, 11) is 0. The second-order valence-corrected chi connectivity index (χ2v) is 7.32. The van der Waals surface area contributed by atoms with Crippen molar-refractivity contribution in [1.82, 2.24) is 4.98 Å². The van der Waals surface area contributed by atoms with Crippen molar-refractivity contribution < 1.29 is 0 Å². The van der Waals surface area contributed by atoms with Gasteiger partial charge in [0.25, 0.3) is 0 Å². The van der Waals surface area contributed by atoms with E-state index in [4.69, 9.17) is 0 Å². The molecule has 112 valence electrons. The van der Waals surface area contributed by atoms with Crippen LogP contribution in [0.3, 0.4) is 0 Å². The van der Waals surface area contributed by atoms with Crippen LogP contribution in [0.25, 0.3) is 10.6 Å². The molecule has 1 aromatic heterocycles. The van der Waals surface area contributed by atoms with Crippen LogP contribution in [0.2, 0.25) is 0 Å². The summed E-state index contributed by atoms with van der Waals surface area (Å²) >= 11 is 1.69. The fourth-order valence-electron chi connectivity index (χ4n) is 3.27. The maximum Gasteiger partial charge on any atom is 0.123 e. The van der Waals surface area contributed by atoms with Crippen molar-refractivity contribution >= 4 is 17.0 Å². The summed E-state index contributed by atoms with van der Waals surface area (Å²) < 4.78 is 0. The second-order valence-electron chi connectivity index (χ2n) is 6.43. The third-order valence-corrected chi connectivity index (χ3v) is 5.41. The van der Waals surface area contributed by atoms with Gasteiger partial charge in [-0.3, -0.25) is 0 Å². The maximum absolute atomic E-state index is 4.36. The number of thiazole rings is 1. The van der Waals surface area contributed by atoms with Gasteiger partial charge in [-0.05, 0) is 48.9 Å². The van der Waals surface area contributed by atoms with Gasteiger partial charge in [0.15, 0.2) is 0 Å². The van der Waals surface area contributed by atoms with Crippen LogP contribution in [-0.4, -0.2) is 11.0 Å². The first-order valence-electron chi connectivity index (χ1n) is 7.99. The summed E-state index contributed by atoms with van der Waals surface area (Å²) in [5.74, 6) is 1.69. The first kappa shape index (κ1) is 14.6. The lowest BCUT2D eigenvalue weighted by Crippen LogP contribution is -2.29. The number of nitrogens with zero attached hydrogens (tertiary/aromatic N) is 1. The van der Waals surface area contributed by atoms with Crippen LogP contribution in [0, 0.1) is 11.8 Å². The molecule has 0 amide bonds. The molecule has 2 unspecified atom stereocenters. The highest BCUT2D eigenvalue weighted by Crippen LogP contribution is 2.32. The Morgan fingerprint density at radius 2 is 2.00 bits per heavy atom. The summed E-state index contributed by atoms with van der Waals surface area (Å²) in [5, 5.41) is 6.84. The number of rotatable bonds is 4. The summed E-state index contributed by atoms with van der Waals surface area (Å²) in [6.45, 7) is 4.71. The summed E-state index contributed by atoms with van der Waals surface area (Å²) in [4.78, 5) is 4.36. The molecule has 1 aliphatic carbocycles. The Hall–Kier alpha value is -1.35. The van der Waals surface area contributed by atoms with Crippen molar-refractivity contribution in [3.63, 3.8) is 0 Å². The summed E-state index contributed by atoms with van der Waals surface area (Å²) in [5.41, 5.74) is 2.45. The predicted molar refractivity (Wildman–Crippen MR) is 91.8 cm³/mol. The van der Waals surface area contributed by atoms with Crippen molar-refractivity contribution in [2.75, 3.05) is 5.32 Å². The quantitative estimate of drug-likeness (QED) is 0.813. The Morgan fingerprint density at radius 1 is 1.19 bits per heavy atom. The minimum Gasteiger partial charge on any atom is -0.382 e. The van der Waals surface area contributed by atoms with Crippen molar-refractivity contribution in [3.8, 4) is 10.6 Å². The van der Waals surface area contributed by atoms with Gasteiger partial charge in [-0.1, -0.05) is 26.7 Å². The molecule has 1 heterocycles. The smallest absolute Gasteiger partial charge is 0.123 e. The summed E-state index contributed by atoms with van der Waals surface area (Å²) in [6, 6.07) is 9.36. The first-order chi connectivity index (χ1) is 10.2. The molecule has 2 aromatic rings. The molecular formula is C18H24N2S. The van der Waals surface area contributed by atoms with Crippen LogP contribution in [0.5, 0.6) is 0 Å². The van der Waals surface area contributed by atoms with Gasteiger partial charge in [0.1, 0.15) is 5.01 Å². The van der Waals surface area contributed by atoms with Crippen LogP contribution in [0.1, 0.15) is 39.5 Å². The highest BCUT2D eigenvalue weighted by Gasteiger charge is 2.23. The number of benzene rings is 1. The van der Waals surface area contributed by atoms with E-state index in [1.807, 2.05) is 11.6 Å². The molecule has 1 fully saturated rings. The third kappa shape index (κ3) is 3.65. The number of hydrogen-bond donors (Lipinski definition) is 1. The second kappa shape index (κ2) is 6.61. The molecule has 3 heteroatoms. The molecule has 1 aromatic carbocycles. The number of anilines is 1. The van der Waals surface area contributed by atoms with Gasteiger partial charge in [-0.25, -0.2) is 4.98 Å². The average molecular weight is 300 g/mol. The molecule has 0 saturated heterocycles. The Bertz CT molecular complexity index is 545. The van der Waals surface area contributed by atoms with E-state index in [2.05, 4.69) is 48.4 Å². The zero-order valence-corrected chi connectivity index (χ0v) is 13.7. The molecule has 1 N–H and O–H groups in total. The van der Waals surface area contributed by atoms with Crippen molar-refractivity contribution in [2.45, 2.75) is 45.6 Å². The van der Waals surface area contributed by atoms with Crippen LogP contribution >= 0.6 is 11.3 Å². The number of nitrogens with one attached hydrogen (secondary N) is 1. The van der Waals surface area contributed by atoms with E-state index in [1.165, 1.54) is 36.9 Å². The Kier molecular flexibility index (Phi) is 4.59. The van der Waals surface area contributed by atoms with Gasteiger partial charge in [0.05, 0.1) is 0 Å². The number of aromatic nitrogens is 1. The van der Waals surface area contributed by atoms with Gasteiger partial charge < -0.3 is 5.32 Å². The molecule has 3 rings (SSSR count). The van der Waals surface area contributed by atoms with E-state index in [0.717, 1.165) is 16.8 Å². The zero-order chi connectivity index (χ0) is 14.7. The molecule has 2 atom stereocenters. The fourth-order valence-corrected chi connectivity index (χ4v) is 3.92. The topological polar surface area (TPSA) is 24.9 Å². The molecule has 1 aliphatic rings. The largest absolute Gasteiger partial charge is 0.382 e. The van der Waals surface area contributed by atoms with Gasteiger partial charge >= 0.3 is 0 Å². The van der Waals surface area contributed by atoms with E-state index in [0.29, 0.717) is 6.04 Å². The number of hydrogen-bond acceptors (Lipinski definition) is 3. The molecule has 0 spiro atoms. The predicted octanol–water partition coefficient (Wildman–Crippen LogP) is 5.44. The van der Waals surface area contributed by atoms with Crippen molar-refractivity contribution in [1.29, 1.82) is 0 Å². The molecule has 2 nitrogen and oxygen atoms in total. The van der Waals surface area contributed by atoms with E-state index >= 15 is 0 Å². The van der Waals surface area contributed by atoms with E-state index in [-0.39, 0.29) is 0 Å². The Morgan fingerprint density at radius 3 is 2.67 bits per heavy atom. The zero-order valence-electron chi connectivity index (χ0n) is 12.9. The normalized spacial score (nSPS) is 22.4. The fraction of sp³-hybridized carbons (Fsp3) is 0.500. The lowest BCUT2D eigenvalue weighted by Gasteiger charge is -2.32. The van der Waals surface area contributed by atoms with E-state index < -0.39 is 0 Å². The van der Waals surface area contributed by atoms with Crippen LogP contribution in [-0.2, 0) is 0 Å². The monoisotopic (exact) mass is 300 g/mol. The molecule has 0 aliphatic heterocycles. The molecule has 0 bridgehead atoms. The lowest BCUT2D eigenvalue weighted by atomic mass is 9.79. The Labute approximate surface area is 131 Å². The van der Waals surface area contributed by atoms with Crippen LogP contribution in [0.15, 0.2) is 35.8 Å². The summed E-state index contributed by atoms with van der Waals surface area (Å²) in [6.07, 6.45) is 7.24. The highest BCUT2D eigenvalue weighted by atomic mass is 32.1. The maximum atomic E-state index is 4.36. The molecule has 0 radical (unpaired) electrons.